The number of rotatable bonds is 2. The highest BCUT2D eigenvalue weighted by atomic mass is 35.5. The Balaban J connectivity index is 1.65. The first-order valence-electron chi connectivity index (χ1n) is 7.05. The maximum Gasteiger partial charge on any atom is 0.274 e. The van der Waals surface area contributed by atoms with Crippen molar-refractivity contribution < 1.29 is 9.18 Å². The highest BCUT2D eigenvalue weighted by molar-refractivity contribution is 6.33. The van der Waals surface area contributed by atoms with E-state index in [0.717, 1.165) is 5.69 Å². The number of hydrogen-bond donors (Lipinski definition) is 0. The van der Waals surface area contributed by atoms with E-state index in [0.29, 0.717) is 36.9 Å². The highest BCUT2D eigenvalue weighted by Crippen LogP contribution is 2.19. The van der Waals surface area contributed by atoms with Crippen LogP contribution in [0.3, 0.4) is 0 Å². The van der Waals surface area contributed by atoms with Gasteiger partial charge in [-0.3, -0.25) is 4.79 Å². The fourth-order valence-electron chi connectivity index (χ4n) is 2.51. The van der Waals surface area contributed by atoms with Crippen LogP contribution in [0.5, 0.6) is 0 Å². The molecule has 2 heterocycles. The molecule has 0 spiro atoms. The Labute approximate surface area is 133 Å². The molecule has 4 nitrogen and oxygen atoms in total. The SMILES string of the molecule is O=C(c1ncccc1Cl)N1CCN(c2ccc(F)cc2)CC1. The van der Waals surface area contributed by atoms with Crippen molar-refractivity contribution in [3.05, 3.63) is 59.1 Å². The molecular formula is C16H15ClFN3O. The third-order valence-electron chi connectivity index (χ3n) is 3.72. The van der Waals surface area contributed by atoms with Crippen LogP contribution in [0.15, 0.2) is 42.6 Å². The number of carbonyl (C=O) groups excluding carboxylic acids is 1. The number of nitrogens with zero attached hydrogens (tertiary/aromatic N) is 3. The molecule has 0 bridgehead atoms. The monoisotopic (exact) mass is 319 g/mol. The molecule has 0 aliphatic carbocycles. The molecule has 22 heavy (non-hydrogen) atoms. The summed E-state index contributed by atoms with van der Waals surface area (Å²) in [7, 11) is 0. The molecule has 1 aromatic carbocycles. The summed E-state index contributed by atoms with van der Waals surface area (Å²) < 4.78 is 13.0. The second-order valence-corrected chi connectivity index (χ2v) is 5.50. The van der Waals surface area contributed by atoms with Crippen LogP contribution in [-0.4, -0.2) is 42.0 Å². The average Bonchev–Trinajstić information content (AvgIpc) is 2.56. The van der Waals surface area contributed by atoms with Crippen LogP contribution in [0.25, 0.3) is 0 Å². The number of carbonyl (C=O) groups is 1. The van der Waals surface area contributed by atoms with Gasteiger partial charge in [-0.2, -0.15) is 0 Å². The summed E-state index contributed by atoms with van der Waals surface area (Å²) in [6.45, 7) is 2.57. The van der Waals surface area contributed by atoms with Gasteiger partial charge in [0.2, 0.25) is 0 Å². The quantitative estimate of drug-likeness (QED) is 0.854. The summed E-state index contributed by atoms with van der Waals surface area (Å²) in [5, 5.41) is 0.369. The van der Waals surface area contributed by atoms with Crippen molar-refractivity contribution in [1.82, 2.24) is 9.88 Å². The number of amides is 1. The van der Waals surface area contributed by atoms with Crippen molar-refractivity contribution in [2.24, 2.45) is 0 Å². The minimum atomic E-state index is -0.248. The van der Waals surface area contributed by atoms with E-state index >= 15 is 0 Å². The van der Waals surface area contributed by atoms with Gasteiger partial charge in [0.1, 0.15) is 11.5 Å². The van der Waals surface area contributed by atoms with Gasteiger partial charge in [0.25, 0.3) is 5.91 Å². The Morgan fingerprint density at radius 1 is 1.09 bits per heavy atom. The number of anilines is 1. The minimum Gasteiger partial charge on any atom is -0.368 e. The maximum atomic E-state index is 13.0. The molecule has 1 fully saturated rings. The second-order valence-electron chi connectivity index (χ2n) is 5.09. The standard InChI is InChI=1S/C16H15ClFN3O/c17-14-2-1-7-19-15(14)16(22)21-10-8-20(9-11-21)13-5-3-12(18)4-6-13/h1-7H,8-11H2. The van der Waals surface area contributed by atoms with E-state index in [1.165, 1.54) is 12.1 Å². The van der Waals surface area contributed by atoms with Crippen LogP contribution < -0.4 is 4.90 Å². The first kappa shape index (κ1) is 14.8. The van der Waals surface area contributed by atoms with Gasteiger partial charge < -0.3 is 9.80 Å². The number of halogens is 2. The normalized spacial score (nSPS) is 15.0. The Morgan fingerprint density at radius 3 is 2.41 bits per heavy atom. The van der Waals surface area contributed by atoms with Crippen molar-refractivity contribution in [3.8, 4) is 0 Å². The van der Waals surface area contributed by atoms with Crippen LogP contribution >= 0.6 is 11.6 Å². The molecule has 0 radical (unpaired) electrons. The maximum absolute atomic E-state index is 13.0. The lowest BCUT2D eigenvalue weighted by Gasteiger charge is -2.36. The average molecular weight is 320 g/mol. The van der Waals surface area contributed by atoms with Gasteiger partial charge in [-0.05, 0) is 36.4 Å². The van der Waals surface area contributed by atoms with Gasteiger partial charge in [-0.15, -0.1) is 0 Å². The van der Waals surface area contributed by atoms with E-state index in [1.54, 1.807) is 35.4 Å². The molecule has 1 saturated heterocycles. The van der Waals surface area contributed by atoms with Gasteiger partial charge >= 0.3 is 0 Å². The fraction of sp³-hybridized carbons (Fsp3) is 0.250. The van der Waals surface area contributed by atoms with Crippen LogP contribution in [0, 0.1) is 5.82 Å². The molecule has 1 aliphatic rings. The molecule has 0 saturated carbocycles. The van der Waals surface area contributed by atoms with E-state index in [2.05, 4.69) is 9.88 Å². The van der Waals surface area contributed by atoms with Gasteiger partial charge in [0.15, 0.2) is 0 Å². The Bertz CT molecular complexity index is 669. The minimum absolute atomic E-state index is 0.149. The lowest BCUT2D eigenvalue weighted by atomic mass is 10.2. The van der Waals surface area contributed by atoms with Crippen LogP contribution in [-0.2, 0) is 0 Å². The van der Waals surface area contributed by atoms with Crippen molar-refractivity contribution in [1.29, 1.82) is 0 Å². The molecule has 0 unspecified atom stereocenters. The summed E-state index contributed by atoms with van der Waals surface area (Å²) in [5.41, 5.74) is 1.25. The zero-order valence-electron chi connectivity index (χ0n) is 11.9. The molecule has 6 heteroatoms. The molecule has 114 valence electrons. The summed E-state index contributed by atoms with van der Waals surface area (Å²) in [5.74, 6) is -0.397. The van der Waals surface area contributed by atoms with E-state index in [1.807, 2.05) is 0 Å². The van der Waals surface area contributed by atoms with E-state index < -0.39 is 0 Å². The first-order chi connectivity index (χ1) is 10.6. The van der Waals surface area contributed by atoms with Gasteiger partial charge in [0.05, 0.1) is 5.02 Å². The predicted octanol–water partition coefficient (Wildman–Crippen LogP) is 2.84. The third kappa shape index (κ3) is 3.04. The predicted molar refractivity (Wildman–Crippen MR) is 83.8 cm³/mol. The summed E-state index contributed by atoms with van der Waals surface area (Å²) in [6, 6.07) is 9.76. The smallest absolute Gasteiger partial charge is 0.274 e. The Hall–Kier alpha value is -2.14. The zero-order chi connectivity index (χ0) is 15.5. The molecule has 1 aliphatic heterocycles. The number of benzene rings is 1. The van der Waals surface area contributed by atoms with E-state index in [4.69, 9.17) is 11.6 Å². The zero-order valence-corrected chi connectivity index (χ0v) is 12.6. The van der Waals surface area contributed by atoms with Gasteiger partial charge in [-0.1, -0.05) is 11.6 Å². The largest absolute Gasteiger partial charge is 0.368 e. The summed E-state index contributed by atoms with van der Waals surface area (Å²) in [6.07, 6.45) is 1.56. The molecular weight excluding hydrogens is 305 g/mol. The highest BCUT2D eigenvalue weighted by Gasteiger charge is 2.24. The Kier molecular flexibility index (Phi) is 4.24. The fourth-order valence-corrected chi connectivity index (χ4v) is 2.71. The van der Waals surface area contributed by atoms with Crippen molar-refractivity contribution >= 4 is 23.2 Å². The van der Waals surface area contributed by atoms with Gasteiger partial charge in [-0.25, -0.2) is 9.37 Å². The topological polar surface area (TPSA) is 36.4 Å². The molecule has 1 amide bonds. The van der Waals surface area contributed by atoms with E-state index in [-0.39, 0.29) is 11.7 Å². The van der Waals surface area contributed by atoms with Crippen molar-refractivity contribution in [3.63, 3.8) is 0 Å². The second kappa shape index (κ2) is 6.32. The van der Waals surface area contributed by atoms with Gasteiger partial charge in [0, 0.05) is 38.1 Å². The number of piperazine rings is 1. The summed E-state index contributed by atoms with van der Waals surface area (Å²) >= 11 is 6.02. The van der Waals surface area contributed by atoms with Crippen LogP contribution in [0.2, 0.25) is 5.02 Å². The first-order valence-corrected chi connectivity index (χ1v) is 7.43. The third-order valence-corrected chi connectivity index (χ3v) is 4.02. The number of pyridine rings is 1. The molecule has 1 aromatic heterocycles. The van der Waals surface area contributed by atoms with Crippen molar-refractivity contribution in [2.75, 3.05) is 31.1 Å². The number of hydrogen-bond acceptors (Lipinski definition) is 3. The van der Waals surface area contributed by atoms with Crippen molar-refractivity contribution in [2.45, 2.75) is 0 Å². The van der Waals surface area contributed by atoms with Crippen LogP contribution in [0.1, 0.15) is 10.5 Å². The van der Waals surface area contributed by atoms with Crippen LogP contribution in [0.4, 0.5) is 10.1 Å². The van der Waals surface area contributed by atoms with E-state index in [9.17, 15) is 9.18 Å². The lowest BCUT2D eigenvalue weighted by Crippen LogP contribution is -2.49. The number of aromatic nitrogens is 1. The summed E-state index contributed by atoms with van der Waals surface area (Å²) in [4.78, 5) is 20.4. The Morgan fingerprint density at radius 2 is 1.77 bits per heavy atom. The lowest BCUT2D eigenvalue weighted by molar-refractivity contribution is 0.0741. The molecule has 3 rings (SSSR count). The molecule has 0 atom stereocenters. The molecule has 0 N–H and O–H groups in total. The molecule has 2 aromatic rings.